The molecule has 3 aliphatic rings. The van der Waals surface area contributed by atoms with E-state index in [0.717, 1.165) is 22.9 Å². The van der Waals surface area contributed by atoms with Gasteiger partial charge in [-0.2, -0.15) is 0 Å². The van der Waals surface area contributed by atoms with Gasteiger partial charge in [-0.3, -0.25) is 0 Å². The molecule has 2 bridgehead atoms. The van der Waals surface area contributed by atoms with E-state index in [2.05, 4.69) is 45.1 Å². The Balaban J connectivity index is 1.81. The number of halogens is 1. The number of fused-ring (bicyclic) bond motifs is 3. The Hall–Kier alpha value is -0.380. The van der Waals surface area contributed by atoms with Gasteiger partial charge in [-0.05, 0) is 62.0 Å². The molecule has 0 aliphatic carbocycles. The molecule has 18 heavy (non-hydrogen) atoms. The van der Waals surface area contributed by atoms with Gasteiger partial charge in [0.15, 0.2) is 0 Å². The molecule has 3 aliphatic heterocycles. The molecule has 2 atom stereocenters. The fourth-order valence-corrected chi connectivity index (χ4v) is 4.00. The molecule has 0 amide bonds. The Labute approximate surface area is 118 Å². The lowest BCUT2D eigenvalue weighted by molar-refractivity contribution is 0.0379. The summed E-state index contributed by atoms with van der Waals surface area (Å²) < 4.78 is 1.15. The van der Waals surface area contributed by atoms with Crippen molar-refractivity contribution < 1.29 is 0 Å². The van der Waals surface area contributed by atoms with Crippen molar-refractivity contribution in [3.8, 4) is 0 Å². The summed E-state index contributed by atoms with van der Waals surface area (Å²) in [6.07, 6.45) is 2.75. The third kappa shape index (κ3) is 2.36. The Morgan fingerprint density at radius 1 is 1.22 bits per heavy atom. The van der Waals surface area contributed by atoms with Crippen LogP contribution in [0.15, 0.2) is 28.7 Å². The van der Waals surface area contributed by atoms with Crippen molar-refractivity contribution in [2.45, 2.75) is 18.8 Å². The van der Waals surface area contributed by atoms with E-state index in [1.165, 1.54) is 38.0 Å². The molecule has 2 N–H and O–H groups in total. The zero-order valence-electron chi connectivity index (χ0n) is 10.7. The first-order valence-electron chi connectivity index (χ1n) is 6.96. The van der Waals surface area contributed by atoms with Gasteiger partial charge >= 0.3 is 0 Å². The molecule has 3 heteroatoms. The molecule has 3 saturated heterocycles. The molecular weight excluding hydrogens is 288 g/mol. The van der Waals surface area contributed by atoms with Crippen LogP contribution in [0, 0.1) is 11.8 Å². The number of hydrogen-bond acceptors (Lipinski definition) is 2. The molecule has 0 aromatic heterocycles. The van der Waals surface area contributed by atoms with Gasteiger partial charge in [0.05, 0.1) is 0 Å². The average Bonchev–Trinajstić information content (AvgIpc) is 2.43. The lowest BCUT2D eigenvalue weighted by Crippen LogP contribution is -2.50. The molecule has 98 valence electrons. The van der Waals surface area contributed by atoms with Crippen molar-refractivity contribution in [1.29, 1.82) is 0 Å². The molecule has 0 radical (unpaired) electrons. The number of nitrogens with two attached hydrogens (primary N) is 1. The Bertz CT molecular complexity index is 395. The molecule has 3 heterocycles. The van der Waals surface area contributed by atoms with E-state index in [9.17, 15) is 0 Å². The predicted molar refractivity (Wildman–Crippen MR) is 78.6 cm³/mol. The number of benzene rings is 1. The van der Waals surface area contributed by atoms with Crippen LogP contribution in [-0.4, -0.2) is 31.1 Å². The van der Waals surface area contributed by atoms with Gasteiger partial charge in [0.25, 0.3) is 0 Å². The van der Waals surface area contributed by atoms with E-state index >= 15 is 0 Å². The van der Waals surface area contributed by atoms with Gasteiger partial charge < -0.3 is 10.6 Å². The summed E-state index contributed by atoms with van der Waals surface area (Å²) in [4.78, 5) is 2.62. The molecule has 2 unspecified atom stereocenters. The van der Waals surface area contributed by atoms with Gasteiger partial charge in [-0.1, -0.05) is 28.1 Å². The third-order valence-corrected chi connectivity index (χ3v) is 5.30. The summed E-state index contributed by atoms with van der Waals surface area (Å²) in [6, 6.07) is 8.75. The average molecular weight is 309 g/mol. The van der Waals surface area contributed by atoms with E-state index in [1.54, 1.807) is 0 Å². The minimum atomic E-state index is 0.534. The quantitative estimate of drug-likeness (QED) is 0.930. The summed E-state index contributed by atoms with van der Waals surface area (Å²) in [5, 5.41) is 0. The maximum Gasteiger partial charge on any atom is 0.0175 e. The molecule has 4 rings (SSSR count). The second-order valence-corrected chi connectivity index (χ2v) is 6.61. The summed E-state index contributed by atoms with van der Waals surface area (Å²) >= 11 is 3.51. The first-order chi connectivity index (χ1) is 8.78. The van der Waals surface area contributed by atoms with Crippen molar-refractivity contribution in [3.63, 3.8) is 0 Å². The summed E-state index contributed by atoms with van der Waals surface area (Å²) in [7, 11) is 0. The summed E-state index contributed by atoms with van der Waals surface area (Å²) in [5.41, 5.74) is 7.49. The van der Waals surface area contributed by atoms with E-state index < -0.39 is 0 Å². The lowest BCUT2D eigenvalue weighted by atomic mass is 9.70. The van der Waals surface area contributed by atoms with Crippen LogP contribution in [0.1, 0.15) is 24.3 Å². The van der Waals surface area contributed by atoms with Gasteiger partial charge in [0, 0.05) is 16.9 Å². The van der Waals surface area contributed by atoms with Crippen LogP contribution in [0.4, 0.5) is 0 Å². The molecule has 1 aromatic carbocycles. The van der Waals surface area contributed by atoms with Crippen molar-refractivity contribution in [3.05, 3.63) is 34.3 Å². The Morgan fingerprint density at radius 2 is 1.89 bits per heavy atom. The second kappa shape index (κ2) is 5.32. The molecule has 2 nitrogen and oxygen atoms in total. The summed E-state index contributed by atoms with van der Waals surface area (Å²) in [6.45, 7) is 4.64. The number of rotatable bonds is 3. The molecule has 1 aromatic rings. The SMILES string of the molecule is NCC(c1ccc(Br)cc1)C1CN2CCC1CC2. The Kier molecular flexibility index (Phi) is 3.73. The predicted octanol–water partition coefficient (Wildman–Crippen LogP) is 2.83. The van der Waals surface area contributed by atoms with Crippen LogP contribution in [0.3, 0.4) is 0 Å². The lowest BCUT2D eigenvalue weighted by Gasteiger charge is -2.47. The monoisotopic (exact) mass is 308 g/mol. The van der Waals surface area contributed by atoms with Crippen LogP contribution in [0.25, 0.3) is 0 Å². The van der Waals surface area contributed by atoms with Gasteiger partial charge in [0.2, 0.25) is 0 Å². The van der Waals surface area contributed by atoms with E-state index in [0.29, 0.717) is 5.92 Å². The van der Waals surface area contributed by atoms with Crippen LogP contribution >= 0.6 is 15.9 Å². The first-order valence-corrected chi connectivity index (χ1v) is 7.75. The van der Waals surface area contributed by atoms with Crippen LogP contribution < -0.4 is 5.73 Å². The highest BCUT2D eigenvalue weighted by Gasteiger charge is 2.38. The zero-order valence-corrected chi connectivity index (χ0v) is 12.3. The number of piperidine rings is 3. The molecule has 0 spiro atoms. The van der Waals surface area contributed by atoms with E-state index in [4.69, 9.17) is 5.73 Å². The van der Waals surface area contributed by atoms with E-state index in [1.807, 2.05) is 0 Å². The molecule has 0 saturated carbocycles. The highest BCUT2D eigenvalue weighted by Crippen LogP contribution is 2.40. The van der Waals surface area contributed by atoms with Gasteiger partial charge in [-0.15, -0.1) is 0 Å². The largest absolute Gasteiger partial charge is 0.330 e. The fraction of sp³-hybridized carbons (Fsp3) is 0.600. The van der Waals surface area contributed by atoms with Crippen LogP contribution in [-0.2, 0) is 0 Å². The highest BCUT2D eigenvalue weighted by molar-refractivity contribution is 9.10. The van der Waals surface area contributed by atoms with Crippen molar-refractivity contribution in [2.24, 2.45) is 17.6 Å². The second-order valence-electron chi connectivity index (χ2n) is 5.70. The van der Waals surface area contributed by atoms with E-state index in [-0.39, 0.29) is 0 Å². The maximum absolute atomic E-state index is 6.08. The molecule has 3 fully saturated rings. The normalized spacial score (nSPS) is 32.4. The highest BCUT2D eigenvalue weighted by atomic mass is 79.9. The number of hydrogen-bond donors (Lipinski definition) is 1. The first kappa shape index (κ1) is 12.6. The summed E-state index contributed by atoms with van der Waals surface area (Å²) in [5.74, 6) is 2.19. The smallest absolute Gasteiger partial charge is 0.0175 e. The van der Waals surface area contributed by atoms with Crippen LogP contribution in [0.2, 0.25) is 0 Å². The minimum Gasteiger partial charge on any atom is -0.330 e. The topological polar surface area (TPSA) is 29.3 Å². The van der Waals surface area contributed by atoms with Gasteiger partial charge in [-0.25, -0.2) is 0 Å². The minimum absolute atomic E-state index is 0.534. The third-order valence-electron chi connectivity index (χ3n) is 4.78. The van der Waals surface area contributed by atoms with Crippen molar-refractivity contribution in [1.82, 2.24) is 4.90 Å². The number of nitrogens with zero attached hydrogens (tertiary/aromatic N) is 1. The Morgan fingerprint density at radius 3 is 2.39 bits per heavy atom. The zero-order chi connectivity index (χ0) is 12.5. The fourth-order valence-electron chi connectivity index (χ4n) is 3.73. The van der Waals surface area contributed by atoms with Crippen LogP contribution in [0.5, 0.6) is 0 Å². The van der Waals surface area contributed by atoms with Gasteiger partial charge in [0.1, 0.15) is 0 Å². The van der Waals surface area contributed by atoms with Crippen molar-refractivity contribution in [2.75, 3.05) is 26.2 Å². The standard InChI is InChI=1S/C15H21BrN2/c16-13-3-1-11(2-4-13)14(9-17)15-10-18-7-5-12(15)6-8-18/h1-4,12,14-15H,5-10,17H2. The molecular formula is C15H21BrN2. The van der Waals surface area contributed by atoms with Crippen molar-refractivity contribution >= 4 is 15.9 Å². The maximum atomic E-state index is 6.08.